The molecular weight excluding hydrogens is 472 g/mol. The van der Waals surface area contributed by atoms with Crippen molar-refractivity contribution in [1.29, 1.82) is 0 Å². The Morgan fingerprint density at radius 3 is 2.19 bits per heavy atom. The van der Waals surface area contributed by atoms with Crippen molar-refractivity contribution >= 4 is 5.97 Å². The maximum Gasteiger partial charge on any atom is 0.310 e. The minimum atomic E-state index is -1.36. The number of aliphatic hydroxyl groups excluding tert-OH is 4. The Balaban J connectivity index is 1.67. The van der Waals surface area contributed by atoms with E-state index in [4.69, 9.17) is 0 Å². The highest BCUT2D eigenvalue weighted by Crippen LogP contribution is 2.76. The van der Waals surface area contributed by atoms with Gasteiger partial charge in [0.1, 0.15) is 6.10 Å². The quantitative estimate of drug-likeness (QED) is 0.308. The minimum absolute atomic E-state index is 0.0194. The lowest BCUT2D eigenvalue weighted by Gasteiger charge is -2.72. The Morgan fingerprint density at radius 2 is 1.59 bits per heavy atom. The van der Waals surface area contributed by atoms with Gasteiger partial charge in [0.05, 0.1) is 29.8 Å². The highest BCUT2D eigenvalue weighted by atomic mass is 16.4. The summed E-state index contributed by atoms with van der Waals surface area (Å²) in [5, 5.41) is 66.4. The van der Waals surface area contributed by atoms with Crippen LogP contribution in [0.25, 0.3) is 0 Å². The van der Waals surface area contributed by atoms with E-state index in [1.54, 1.807) is 0 Å². The normalized spacial score (nSPS) is 59.3. The van der Waals surface area contributed by atoms with Crippen LogP contribution < -0.4 is 0 Å². The Labute approximate surface area is 221 Å². The zero-order valence-corrected chi connectivity index (χ0v) is 23.4. The van der Waals surface area contributed by atoms with Crippen LogP contribution in [0.2, 0.25) is 0 Å². The molecule has 0 amide bonds. The van der Waals surface area contributed by atoms with Crippen molar-refractivity contribution in [2.24, 2.45) is 50.7 Å². The summed E-state index contributed by atoms with van der Waals surface area (Å²) in [7, 11) is 0. The summed E-state index contributed by atoms with van der Waals surface area (Å²) in [6.45, 7) is 11.9. The van der Waals surface area contributed by atoms with Crippen LogP contribution in [0.5, 0.6) is 0 Å². The van der Waals surface area contributed by atoms with E-state index in [9.17, 15) is 35.4 Å². The average Bonchev–Trinajstić information content (AvgIpc) is 2.84. The third-order valence-corrected chi connectivity index (χ3v) is 13.8. The molecule has 0 bridgehead atoms. The molecule has 37 heavy (non-hydrogen) atoms. The summed E-state index contributed by atoms with van der Waals surface area (Å²) in [6, 6.07) is 0. The van der Waals surface area contributed by atoms with Gasteiger partial charge in [-0.1, -0.05) is 46.3 Å². The van der Waals surface area contributed by atoms with Gasteiger partial charge in [0, 0.05) is 16.7 Å². The van der Waals surface area contributed by atoms with Crippen LogP contribution >= 0.6 is 0 Å². The predicted octanol–water partition coefficient (Wildman–Crippen LogP) is 3.12. The number of hydrogen-bond donors (Lipinski definition) is 6. The first-order valence-electron chi connectivity index (χ1n) is 14.3. The summed E-state index contributed by atoms with van der Waals surface area (Å²) in [6.07, 6.45) is 3.00. The van der Waals surface area contributed by atoms with Crippen molar-refractivity contribution < 1.29 is 35.4 Å². The zero-order chi connectivity index (χ0) is 27.6. The molecule has 13 atom stereocenters. The van der Waals surface area contributed by atoms with E-state index in [0.29, 0.717) is 38.5 Å². The van der Waals surface area contributed by atoms with Gasteiger partial charge in [-0.2, -0.15) is 0 Å². The molecule has 5 rings (SSSR count). The summed E-state index contributed by atoms with van der Waals surface area (Å²) in [5.41, 5.74) is -3.45. The highest BCUT2D eigenvalue weighted by molar-refractivity contribution is 5.77. The molecule has 0 aromatic heterocycles. The molecule has 0 heterocycles. The fourth-order valence-electron chi connectivity index (χ4n) is 10.9. The first kappa shape index (κ1) is 27.6. The largest absolute Gasteiger partial charge is 0.481 e. The summed E-state index contributed by atoms with van der Waals surface area (Å²) in [4.78, 5) is 12.9. The predicted molar refractivity (Wildman–Crippen MR) is 138 cm³/mol. The van der Waals surface area contributed by atoms with E-state index in [0.717, 1.165) is 12.0 Å². The molecule has 0 spiro atoms. The van der Waals surface area contributed by atoms with Gasteiger partial charge in [-0.15, -0.1) is 0 Å². The molecule has 7 nitrogen and oxygen atoms in total. The van der Waals surface area contributed by atoms with Crippen molar-refractivity contribution in [3.8, 4) is 0 Å². The molecule has 0 saturated heterocycles. The van der Waals surface area contributed by atoms with Crippen LogP contribution in [0.15, 0.2) is 11.6 Å². The van der Waals surface area contributed by atoms with Gasteiger partial charge in [-0.3, -0.25) is 4.79 Å². The number of allylic oxidation sites excluding steroid dienone is 1. The first-order chi connectivity index (χ1) is 17.0. The summed E-state index contributed by atoms with van der Waals surface area (Å²) < 4.78 is 0. The number of rotatable bonds is 2. The van der Waals surface area contributed by atoms with Crippen LogP contribution in [0.1, 0.15) is 86.5 Å². The third-order valence-electron chi connectivity index (χ3n) is 13.8. The maximum atomic E-state index is 12.9. The van der Waals surface area contributed by atoms with Gasteiger partial charge in [0.2, 0.25) is 0 Å². The van der Waals surface area contributed by atoms with Gasteiger partial charge in [-0.05, 0) is 80.5 Å². The lowest BCUT2D eigenvalue weighted by molar-refractivity contribution is -0.288. The van der Waals surface area contributed by atoms with Crippen molar-refractivity contribution in [2.75, 3.05) is 6.61 Å². The molecule has 4 fully saturated rings. The van der Waals surface area contributed by atoms with Gasteiger partial charge in [0.15, 0.2) is 0 Å². The molecule has 6 N–H and O–H groups in total. The van der Waals surface area contributed by atoms with E-state index in [1.165, 1.54) is 0 Å². The molecule has 5 aliphatic carbocycles. The lowest BCUT2D eigenvalue weighted by atomic mass is 9.32. The second-order valence-corrected chi connectivity index (χ2v) is 14.8. The number of aliphatic hydroxyl groups is 5. The molecule has 0 aliphatic heterocycles. The first-order valence-corrected chi connectivity index (χ1v) is 14.3. The maximum absolute atomic E-state index is 12.9. The van der Waals surface area contributed by atoms with E-state index in [1.807, 2.05) is 27.7 Å². The number of fused-ring (bicyclic) bond motifs is 7. The Hall–Kier alpha value is -0.990. The van der Waals surface area contributed by atoms with Crippen LogP contribution in [-0.4, -0.2) is 67.1 Å². The van der Waals surface area contributed by atoms with E-state index < -0.39 is 52.0 Å². The minimum Gasteiger partial charge on any atom is -0.481 e. The third kappa shape index (κ3) is 2.99. The molecule has 0 aromatic carbocycles. The number of carboxylic acids is 1. The summed E-state index contributed by atoms with van der Waals surface area (Å²) in [5.74, 6) is -1.54. The zero-order valence-electron chi connectivity index (χ0n) is 23.4. The lowest BCUT2D eigenvalue weighted by Crippen LogP contribution is -2.73. The van der Waals surface area contributed by atoms with E-state index in [2.05, 4.69) is 19.9 Å². The van der Waals surface area contributed by atoms with Crippen LogP contribution in [-0.2, 0) is 4.79 Å². The monoisotopic (exact) mass is 520 g/mol. The topological polar surface area (TPSA) is 138 Å². The van der Waals surface area contributed by atoms with Gasteiger partial charge >= 0.3 is 5.97 Å². The molecule has 0 aromatic rings. The Bertz CT molecular complexity index is 1010. The SMILES string of the molecule is C[C@@H]1CC[C@]2(C(=O)O)CC[C@]3(C)C(=CC[C@@H]4[C@]5(C)C(CC[C@]43C)C(C)(CO)[C@@H](O)[C@H](O)[C@@H]5O)[C@@H]2[C@]1(C)O. The Kier molecular flexibility index (Phi) is 5.98. The average molecular weight is 521 g/mol. The molecule has 5 aliphatic rings. The van der Waals surface area contributed by atoms with E-state index >= 15 is 0 Å². The highest BCUT2D eigenvalue weighted by Gasteiger charge is 2.73. The molecule has 2 unspecified atom stereocenters. The Morgan fingerprint density at radius 1 is 0.946 bits per heavy atom. The van der Waals surface area contributed by atoms with Crippen LogP contribution in [0.4, 0.5) is 0 Å². The number of aliphatic carboxylic acids is 1. The summed E-state index contributed by atoms with van der Waals surface area (Å²) >= 11 is 0. The molecular formula is C30H48O7. The fraction of sp³-hybridized carbons (Fsp3) is 0.900. The number of carbonyl (C=O) groups is 1. The molecule has 210 valence electrons. The smallest absolute Gasteiger partial charge is 0.310 e. The second kappa shape index (κ2) is 8.03. The molecule has 7 heteroatoms. The van der Waals surface area contributed by atoms with Crippen molar-refractivity contribution in [2.45, 2.75) is 110 Å². The molecule has 4 saturated carbocycles. The van der Waals surface area contributed by atoms with Crippen LogP contribution in [0, 0.1) is 50.7 Å². The van der Waals surface area contributed by atoms with Gasteiger partial charge in [-0.25, -0.2) is 0 Å². The number of carboxylic acid groups (broad SMARTS) is 1. The van der Waals surface area contributed by atoms with Crippen molar-refractivity contribution in [3.63, 3.8) is 0 Å². The van der Waals surface area contributed by atoms with Gasteiger partial charge < -0.3 is 30.6 Å². The fourth-order valence-corrected chi connectivity index (χ4v) is 10.9. The molecule has 0 radical (unpaired) electrons. The van der Waals surface area contributed by atoms with Crippen molar-refractivity contribution in [3.05, 3.63) is 11.6 Å². The van der Waals surface area contributed by atoms with Crippen molar-refractivity contribution in [1.82, 2.24) is 0 Å². The van der Waals surface area contributed by atoms with Gasteiger partial charge in [0.25, 0.3) is 0 Å². The van der Waals surface area contributed by atoms with Crippen LogP contribution in [0.3, 0.4) is 0 Å². The standard InChI is InChI=1S/C30H48O7/c1-16-9-12-30(24(35)36)14-13-26(3)17(21(30)29(16,6)37)7-8-19-27(26,4)11-10-18-25(2,15-31)22(33)20(32)23(34)28(18,19)5/h7,16,18-23,31-34,37H,8-15H2,1-6H3,(H,35,36)/t16-,18?,19+,20+,21-,22+,23+,25?,26-,27-,28+,29-,30+/m1/s1. The second-order valence-electron chi connectivity index (χ2n) is 14.8. The number of hydrogen-bond acceptors (Lipinski definition) is 6. The van der Waals surface area contributed by atoms with E-state index in [-0.39, 0.29) is 35.2 Å².